The molecule has 2 nitrogen and oxygen atoms in total. The van der Waals surface area contributed by atoms with Gasteiger partial charge in [-0.05, 0) is 50.6 Å². The van der Waals surface area contributed by atoms with Gasteiger partial charge in [0.15, 0.2) is 0 Å². The van der Waals surface area contributed by atoms with E-state index in [0.717, 1.165) is 11.4 Å². The Hall–Kier alpha value is -1.96. The van der Waals surface area contributed by atoms with Gasteiger partial charge in [0.25, 0.3) is 0 Å². The molecule has 1 N–H and O–H groups in total. The van der Waals surface area contributed by atoms with Crippen molar-refractivity contribution in [2.75, 3.05) is 11.9 Å². The molecule has 100 valence electrons. The Morgan fingerprint density at radius 2 is 1.63 bits per heavy atom. The third-order valence-corrected chi connectivity index (χ3v) is 3.13. The zero-order valence-electron chi connectivity index (χ0n) is 11.8. The summed E-state index contributed by atoms with van der Waals surface area (Å²) in [4.78, 5) is 0. The first kappa shape index (κ1) is 13.5. The molecule has 1 atom stereocenters. The van der Waals surface area contributed by atoms with Crippen LogP contribution in [-0.4, -0.2) is 6.61 Å². The molecule has 0 aromatic heterocycles. The zero-order valence-corrected chi connectivity index (χ0v) is 11.8. The molecule has 0 aliphatic rings. The zero-order chi connectivity index (χ0) is 13.7. The molecular weight excluding hydrogens is 234 g/mol. The molecule has 0 spiro atoms. The van der Waals surface area contributed by atoms with Crippen molar-refractivity contribution in [1.29, 1.82) is 0 Å². The van der Waals surface area contributed by atoms with E-state index < -0.39 is 0 Å². The summed E-state index contributed by atoms with van der Waals surface area (Å²) in [6.45, 7) is 6.96. The lowest BCUT2D eigenvalue weighted by Gasteiger charge is -2.16. The summed E-state index contributed by atoms with van der Waals surface area (Å²) >= 11 is 0. The van der Waals surface area contributed by atoms with Crippen LogP contribution in [0.5, 0.6) is 5.75 Å². The smallest absolute Gasteiger partial charge is 0.119 e. The van der Waals surface area contributed by atoms with Gasteiger partial charge in [-0.25, -0.2) is 0 Å². The Kier molecular flexibility index (Phi) is 4.45. The Bertz CT molecular complexity index is 502. The fraction of sp³-hybridized carbons (Fsp3) is 0.294. The Labute approximate surface area is 115 Å². The Balaban J connectivity index is 2.02. The molecule has 2 aromatic rings. The Morgan fingerprint density at radius 3 is 2.21 bits per heavy atom. The lowest BCUT2D eigenvalue weighted by Crippen LogP contribution is -2.06. The van der Waals surface area contributed by atoms with Crippen LogP contribution in [0.25, 0.3) is 0 Å². The summed E-state index contributed by atoms with van der Waals surface area (Å²) in [6, 6.07) is 17.0. The van der Waals surface area contributed by atoms with Gasteiger partial charge in [0.1, 0.15) is 5.75 Å². The van der Waals surface area contributed by atoms with Crippen molar-refractivity contribution in [3.8, 4) is 5.75 Å². The van der Waals surface area contributed by atoms with Crippen molar-refractivity contribution in [1.82, 2.24) is 0 Å². The molecular formula is C17H21NO. The third-order valence-electron chi connectivity index (χ3n) is 3.13. The second-order valence-corrected chi connectivity index (χ2v) is 4.73. The predicted molar refractivity (Wildman–Crippen MR) is 80.8 cm³/mol. The monoisotopic (exact) mass is 255 g/mol. The van der Waals surface area contributed by atoms with E-state index in [-0.39, 0.29) is 6.04 Å². The normalized spacial score (nSPS) is 11.9. The third kappa shape index (κ3) is 3.75. The van der Waals surface area contributed by atoms with E-state index in [1.54, 1.807) is 0 Å². The molecule has 2 heteroatoms. The fourth-order valence-corrected chi connectivity index (χ4v) is 2.00. The first-order valence-electron chi connectivity index (χ1n) is 6.75. The molecule has 0 aliphatic heterocycles. The second kappa shape index (κ2) is 6.28. The van der Waals surface area contributed by atoms with Crippen molar-refractivity contribution < 1.29 is 4.74 Å². The van der Waals surface area contributed by atoms with E-state index >= 15 is 0 Å². The maximum Gasteiger partial charge on any atom is 0.119 e. The van der Waals surface area contributed by atoms with Crippen molar-refractivity contribution in [3.63, 3.8) is 0 Å². The summed E-state index contributed by atoms with van der Waals surface area (Å²) < 4.78 is 5.45. The number of benzene rings is 2. The van der Waals surface area contributed by atoms with Crippen LogP contribution in [0, 0.1) is 6.92 Å². The second-order valence-electron chi connectivity index (χ2n) is 4.73. The SMILES string of the molecule is CCOc1ccc(C(C)Nc2ccc(C)cc2)cc1. The molecule has 0 amide bonds. The van der Waals surface area contributed by atoms with Gasteiger partial charge in [-0.2, -0.15) is 0 Å². The van der Waals surface area contributed by atoms with Crippen LogP contribution < -0.4 is 10.1 Å². The van der Waals surface area contributed by atoms with Crippen LogP contribution in [0.4, 0.5) is 5.69 Å². The number of rotatable bonds is 5. The maximum atomic E-state index is 5.45. The van der Waals surface area contributed by atoms with Crippen LogP contribution in [0.1, 0.15) is 31.0 Å². The highest BCUT2D eigenvalue weighted by atomic mass is 16.5. The quantitative estimate of drug-likeness (QED) is 0.845. The van der Waals surface area contributed by atoms with Crippen LogP contribution in [0.15, 0.2) is 48.5 Å². The predicted octanol–water partition coefficient (Wildman–Crippen LogP) is 4.57. The van der Waals surface area contributed by atoms with Crippen LogP contribution >= 0.6 is 0 Å². The lowest BCUT2D eigenvalue weighted by atomic mass is 10.1. The fourth-order valence-electron chi connectivity index (χ4n) is 2.00. The molecule has 19 heavy (non-hydrogen) atoms. The maximum absolute atomic E-state index is 5.45. The van der Waals surface area contributed by atoms with Gasteiger partial charge < -0.3 is 10.1 Å². The van der Waals surface area contributed by atoms with Crippen LogP contribution in [0.3, 0.4) is 0 Å². The summed E-state index contributed by atoms with van der Waals surface area (Å²) in [5, 5.41) is 3.50. The van der Waals surface area contributed by atoms with Crippen LogP contribution in [0.2, 0.25) is 0 Å². The summed E-state index contributed by atoms with van der Waals surface area (Å²) in [5.74, 6) is 0.925. The average molecular weight is 255 g/mol. The Morgan fingerprint density at radius 1 is 1.00 bits per heavy atom. The van der Waals surface area contributed by atoms with Gasteiger partial charge in [0.05, 0.1) is 6.61 Å². The van der Waals surface area contributed by atoms with E-state index in [2.05, 4.69) is 55.6 Å². The van der Waals surface area contributed by atoms with Gasteiger partial charge in [0.2, 0.25) is 0 Å². The van der Waals surface area contributed by atoms with Crippen LogP contribution in [-0.2, 0) is 0 Å². The lowest BCUT2D eigenvalue weighted by molar-refractivity contribution is 0.340. The molecule has 0 aliphatic carbocycles. The van der Waals surface area contributed by atoms with E-state index in [9.17, 15) is 0 Å². The molecule has 2 rings (SSSR count). The standard InChI is InChI=1S/C17H21NO/c1-4-19-17-11-7-15(8-12-17)14(3)18-16-9-5-13(2)6-10-16/h5-12,14,18H,4H2,1-3H3. The molecule has 1 unspecified atom stereocenters. The van der Waals surface area contributed by atoms with Gasteiger partial charge in [-0.3, -0.25) is 0 Å². The first-order chi connectivity index (χ1) is 9.19. The molecule has 0 saturated heterocycles. The summed E-state index contributed by atoms with van der Waals surface area (Å²) in [5.41, 5.74) is 3.68. The molecule has 0 bridgehead atoms. The molecule has 0 radical (unpaired) electrons. The summed E-state index contributed by atoms with van der Waals surface area (Å²) in [7, 11) is 0. The number of nitrogens with one attached hydrogen (secondary N) is 1. The van der Waals surface area contributed by atoms with Gasteiger partial charge in [-0.1, -0.05) is 29.8 Å². The average Bonchev–Trinajstić information content (AvgIpc) is 2.42. The molecule has 0 saturated carbocycles. The molecule has 2 aromatic carbocycles. The van der Waals surface area contributed by atoms with Gasteiger partial charge in [0, 0.05) is 11.7 Å². The van der Waals surface area contributed by atoms with Crippen molar-refractivity contribution in [2.45, 2.75) is 26.8 Å². The minimum atomic E-state index is 0.276. The minimum Gasteiger partial charge on any atom is -0.494 e. The number of aryl methyl sites for hydroxylation is 1. The van der Waals surface area contributed by atoms with Crippen molar-refractivity contribution in [3.05, 3.63) is 59.7 Å². The van der Waals surface area contributed by atoms with E-state index in [0.29, 0.717) is 6.61 Å². The largest absolute Gasteiger partial charge is 0.494 e. The van der Waals surface area contributed by atoms with E-state index in [4.69, 9.17) is 4.74 Å². The summed E-state index contributed by atoms with van der Waals surface area (Å²) in [6.07, 6.45) is 0. The highest BCUT2D eigenvalue weighted by Crippen LogP contribution is 2.21. The molecule has 0 heterocycles. The van der Waals surface area contributed by atoms with Crippen molar-refractivity contribution in [2.24, 2.45) is 0 Å². The first-order valence-corrected chi connectivity index (χ1v) is 6.75. The number of hydrogen-bond acceptors (Lipinski definition) is 2. The van der Waals surface area contributed by atoms with E-state index in [1.807, 2.05) is 19.1 Å². The minimum absolute atomic E-state index is 0.276. The number of hydrogen-bond donors (Lipinski definition) is 1. The molecule has 0 fully saturated rings. The topological polar surface area (TPSA) is 21.3 Å². The number of anilines is 1. The van der Waals surface area contributed by atoms with Gasteiger partial charge in [-0.15, -0.1) is 0 Å². The van der Waals surface area contributed by atoms with Gasteiger partial charge >= 0.3 is 0 Å². The highest BCUT2D eigenvalue weighted by molar-refractivity contribution is 5.46. The highest BCUT2D eigenvalue weighted by Gasteiger charge is 2.05. The van der Waals surface area contributed by atoms with Crippen molar-refractivity contribution >= 4 is 5.69 Å². The van der Waals surface area contributed by atoms with E-state index in [1.165, 1.54) is 11.1 Å². The number of ether oxygens (including phenoxy) is 1.